The maximum absolute atomic E-state index is 4.60. The van der Waals surface area contributed by atoms with Crippen molar-refractivity contribution in [2.75, 3.05) is 0 Å². The Kier molecular flexibility index (Phi) is 2.07. The Morgan fingerprint density at radius 2 is 1.93 bits per heavy atom. The van der Waals surface area contributed by atoms with E-state index >= 15 is 0 Å². The van der Waals surface area contributed by atoms with E-state index in [-0.39, 0.29) is 5.41 Å². The van der Waals surface area contributed by atoms with Gasteiger partial charge in [-0.05, 0) is 24.0 Å². The average Bonchev–Trinajstić information content (AvgIpc) is 2.45. The number of aromatic nitrogens is 3. The van der Waals surface area contributed by atoms with E-state index in [9.17, 15) is 0 Å². The third-order valence-electron chi connectivity index (χ3n) is 2.69. The van der Waals surface area contributed by atoms with Crippen LogP contribution in [-0.4, -0.2) is 14.5 Å². The topological polar surface area (TPSA) is 30.7 Å². The summed E-state index contributed by atoms with van der Waals surface area (Å²) in [5, 5.41) is 0. The Morgan fingerprint density at radius 1 is 1.27 bits per heavy atom. The third-order valence-corrected chi connectivity index (χ3v) is 2.69. The molecule has 0 aliphatic heterocycles. The lowest BCUT2D eigenvalue weighted by molar-refractivity contribution is 0.583. The predicted molar refractivity (Wildman–Crippen MR) is 61.9 cm³/mol. The molecule has 0 N–H and O–H groups in total. The summed E-state index contributed by atoms with van der Waals surface area (Å²) in [6.07, 6.45) is 1.81. The molecule has 0 aliphatic rings. The van der Waals surface area contributed by atoms with Crippen LogP contribution in [0.5, 0.6) is 0 Å². The van der Waals surface area contributed by atoms with Crippen molar-refractivity contribution in [3.63, 3.8) is 0 Å². The van der Waals surface area contributed by atoms with Gasteiger partial charge in [-0.3, -0.25) is 0 Å². The zero-order valence-electron chi connectivity index (χ0n) is 10.00. The number of nitrogens with zero attached hydrogens (tertiary/aromatic N) is 3. The summed E-state index contributed by atoms with van der Waals surface area (Å²) in [5.74, 6) is 0. The summed E-state index contributed by atoms with van der Waals surface area (Å²) in [6.45, 7) is 8.66. The van der Waals surface area contributed by atoms with Crippen molar-refractivity contribution >= 4 is 11.2 Å². The van der Waals surface area contributed by atoms with Gasteiger partial charge in [0.05, 0.1) is 6.33 Å². The van der Waals surface area contributed by atoms with Gasteiger partial charge in [0.1, 0.15) is 5.52 Å². The highest BCUT2D eigenvalue weighted by Gasteiger charge is 2.18. The lowest BCUT2D eigenvalue weighted by atomic mass is 9.86. The van der Waals surface area contributed by atoms with E-state index in [1.165, 1.54) is 5.56 Å². The molecule has 0 unspecified atom stereocenters. The molecule has 2 rings (SSSR count). The minimum absolute atomic E-state index is 0.128. The van der Waals surface area contributed by atoms with E-state index in [4.69, 9.17) is 0 Å². The first-order valence-corrected chi connectivity index (χ1v) is 5.19. The fourth-order valence-corrected chi connectivity index (χ4v) is 1.90. The van der Waals surface area contributed by atoms with E-state index in [0.717, 1.165) is 16.9 Å². The Bertz CT molecular complexity index is 503. The van der Waals surface area contributed by atoms with Gasteiger partial charge in [-0.15, -0.1) is 0 Å². The Balaban J connectivity index is 2.74. The molecule has 0 amide bonds. The summed E-state index contributed by atoms with van der Waals surface area (Å²) < 4.78 is 1.95. The second kappa shape index (κ2) is 3.05. The predicted octanol–water partition coefficient (Wildman–Crippen LogP) is 2.57. The molecule has 0 saturated heterocycles. The van der Waals surface area contributed by atoms with Gasteiger partial charge in [0, 0.05) is 12.7 Å². The first-order valence-electron chi connectivity index (χ1n) is 5.19. The van der Waals surface area contributed by atoms with Gasteiger partial charge in [0.15, 0.2) is 5.65 Å². The van der Waals surface area contributed by atoms with E-state index in [0.29, 0.717) is 0 Å². The van der Waals surface area contributed by atoms with E-state index in [1.807, 2.05) is 17.9 Å². The van der Waals surface area contributed by atoms with E-state index < -0.39 is 0 Å². The van der Waals surface area contributed by atoms with Crippen LogP contribution in [0.25, 0.3) is 11.2 Å². The van der Waals surface area contributed by atoms with E-state index in [1.54, 1.807) is 0 Å². The van der Waals surface area contributed by atoms with Crippen molar-refractivity contribution in [3.05, 3.63) is 23.7 Å². The van der Waals surface area contributed by atoms with Crippen molar-refractivity contribution in [1.29, 1.82) is 0 Å². The number of fused-ring (bicyclic) bond motifs is 1. The maximum atomic E-state index is 4.60. The minimum atomic E-state index is 0.128. The van der Waals surface area contributed by atoms with Crippen molar-refractivity contribution in [3.8, 4) is 0 Å². The van der Waals surface area contributed by atoms with Crippen LogP contribution >= 0.6 is 0 Å². The molecule has 0 bridgehead atoms. The van der Waals surface area contributed by atoms with Crippen LogP contribution in [0.1, 0.15) is 32.0 Å². The third kappa shape index (κ3) is 1.62. The van der Waals surface area contributed by atoms with Gasteiger partial charge < -0.3 is 4.57 Å². The molecule has 0 atom stereocenters. The number of aryl methyl sites for hydroxylation is 2. The number of hydrogen-bond donors (Lipinski definition) is 0. The molecule has 0 spiro atoms. The molecule has 15 heavy (non-hydrogen) atoms. The fourth-order valence-electron chi connectivity index (χ4n) is 1.90. The first kappa shape index (κ1) is 10.1. The Labute approximate surface area is 90.2 Å². The molecule has 0 aliphatic carbocycles. The van der Waals surface area contributed by atoms with Crippen LogP contribution in [0.4, 0.5) is 0 Å². The quantitative estimate of drug-likeness (QED) is 0.659. The lowest BCUT2D eigenvalue weighted by Crippen LogP contribution is -2.14. The minimum Gasteiger partial charge on any atom is -0.318 e. The van der Waals surface area contributed by atoms with Gasteiger partial charge in [0.25, 0.3) is 0 Å². The molecule has 2 aromatic rings. The maximum Gasteiger partial charge on any atom is 0.159 e. The highest BCUT2D eigenvalue weighted by atomic mass is 15.1. The molecule has 0 aromatic carbocycles. The normalized spacial score (nSPS) is 12.3. The summed E-state index contributed by atoms with van der Waals surface area (Å²) in [5.41, 5.74) is 4.43. The molecule has 0 saturated carbocycles. The van der Waals surface area contributed by atoms with Crippen LogP contribution in [0.15, 0.2) is 12.4 Å². The fraction of sp³-hybridized carbons (Fsp3) is 0.500. The SMILES string of the molecule is Cc1nc2c(cc1C(C)(C)C)ncn2C. The van der Waals surface area contributed by atoms with Crippen molar-refractivity contribution in [1.82, 2.24) is 14.5 Å². The van der Waals surface area contributed by atoms with Gasteiger partial charge >= 0.3 is 0 Å². The van der Waals surface area contributed by atoms with Gasteiger partial charge in [-0.25, -0.2) is 9.97 Å². The standard InChI is InChI=1S/C12H17N3/c1-8-9(12(2,3)4)6-10-11(14-8)15(5)7-13-10/h6-7H,1-5H3. The number of hydrogen-bond acceptors (Lipinski definition) is 2. The zero-order valence-corrected chi connectivity index (χ0v) is 10.00. The van der Waals surface area contributed by atoms with Crippen LogP contribution in [0, 0.1) is 6.92 Å². The molecule has 2 heterocycles. The van der Waals surface area contributed by atoms with Gasteiger partial charge in [-0.1, -0.05) is 20.8 Å². The summed E-state index contributed by atoms with van der Waals surface area (Å²) in [6, 6.07) is 2.15. The molecule has 0 radical (unpaired) electrons. The lowest BCUT2D eigenvalue weighted by Gasteiger charge is -2.20. The molecule has 2 aromatic heterocycles. The first-order chi connectivity index (χ1) is 6.89. The monoisotopic (exact) mass is 203 g/mol. The van der Waals surface area contributed by atoms with Crippen LogP contribution in [0.2, 0.25) is 0 Å². The Morgan fingerprint density at radius 3 is 2.53 bits per heavy atom. The van der Waals surface area contributed by atoms with Crippen LogP contribution < -0.4 is 0 Å². The van der Waals surface area contributed by atoms with Crippen molar-refractivity contribution < 1.29 is 0 Å². The van der Waals surface area contributed by atoms with Crippen molar-refractivity contribution in [2.45, 2.75) is 33.1 Å². The smallest absolute Gasteiger partial charge is 0.159 e. The molecular weight excluding hydrogens is 186 g/mol. The number of rotatable bonds is 0. The van der Waals surface area contributed by atoms with Crippen molar-refractivity contribution in [2.24, 2.45) is 7.05 Å². The number of imidazole rings is 1. The van der Waals surface area contributed by atoms with Gasteiger partial charge in [-0.2, -0.15) is 0 Å². The van der Waals surface area contributed by atoms with Crippen LogP contribution in [0.3, 0.4) is 0 Å². The zero-order chi connectivity index (χ0) is 11.2. The average molecular weight is 203 g/mol. The Hall–Kier alpha value is -1.38. The molecule has 0 fully saturated rings. The second-order valence-electron chi connectivity index (χ2n) is 5.07. The summed E-state index contributed by atoms with van der Waals surface area (Å²) >= 11 is 0. The molecule has 80 valence electrons. The molecule has 3 heteroatoms. The van der Waals surface area contributed by atoms with E-state index in [2.05, 4.69) is 43.7 Å². The molecular formula is C12H17N3. The highest BCUT2D eigenvalue weighted by molar-refractivity contribution is 5.72. The van der Waals surface area contributed by atoms with Crippen LogP contribution in [-0.2, 0) is 12.5 Å². The summed E-state index contributed by atoms with van der Waals surface area (Å²) in [7, 11) is 1.97. The second-order valence-corrected chi connectivity index (χ2v) is 5.07. The van der Waals surface area contributed by atoms with Gasteiger partial charge in [0.2, 0.25) is 0 Å². The summed E-state index contributed by atoms with van der Waals surface area (Å²) in [4.78, 5) is 8.94. The largest absolute Gasteiger partial charge is 0.318 e. The molecule has 3 nitrogen and oxygen atoms in total. The number of pyridine rings is 1. The highest BCUT2D eigenvalue weighted by Crippen LogP contribution is 2.26.